The fourth-order valence-corrected chi connectivity index (χ4v) is 1.66. The Morgan fingerprint density at radius 3 is 1.64 bits per heavy atom. The molecular formula is C17H31N3O2. The summed E-state index contributed by atoms with van der Waals surface area (Å²) in [6.07, 6.45) is 6.53. The van der Waals surface area contributed by atoms with Crippen LogP contribution in [0.25, 0.3) is 0 Å². The maximum atomic E-state index is 11.5. The summed E-state index contributed by atoms with van der Waals surface area (Å²) in [4.78, 5) is 22.9. The van der Waals surface area contributed by atoms with Gasteiger partial charge in [-0.3, -0.25) is 9.59 Å². The number of hydrogen-bond acceptors (Lipinski definition) is 3. The van der Waals surface area contributed by atoms with Crippen LogP contribution in [0.4, 0.5) is 0 Å². The Morgan fingerprint density at radius 1 is 0.727 bits per heavy atom. The van der Waals surface area contributed by atoms with E-state index >= 15 is 0 Å². The number of rotatable bonds is 11. The minimum absolute atomic E-state index is 0.00895. The van der Waals surface area contributed by atoms with E-state index in [0.717, 1.165) is 43.5 Å². The molecule has 0 bridgehead atoms. The second-order valence-electron chi connectivity index (χ2n) is 5.27. The fourth-order valence-electron chi connectivity index (χ4n) is 1.66. The summed E-state index contributed by atoms with van der Waals surface area (Å²) in [5.41, 5.74) is 1.51. The molecule has 3 N–H and O–H groups in total. The first-order chi connectivity index (χ1) is 10.5. The maximum Gasteiger partial charge on any atom is 0.246 e. The van der Waals surface area contributed by atoms with Gasteiger partial charge in [0, 0.05) is 24.2 Å². The molecule has 0 unspecified atom stereocenters. The van der Waals surface area contributed by atoms with E-state index < -0.39 is 0 Å². The van der Waals surface area contributed by atoms with Crippen LogP contribution >= 0.6 is 0 Å². The molecular weight excluding hydrogens is 278 g/mol. The second-order valence-corrected chi connectivity index (χ2v) is 5.27. The molecule has 0 spiro atoms. The Kier molecular flexibility index (Phi) is 12.1. The highest BCUT2D eigenvalue weighted by atomic mass is 16.2. The summed E-state index contributed by atoms with van der Waals surface area (Å²) < 4.78 is 0. The molecule has 0 atom stereocenters. The molecule has 22 heavy (non-hydrogen) atoms. The Morgan fingerprint density at radius 2 is 1.14 bits per heavy atom. The van der Waals surface area contributed by atoms with E-state index in [4.69, 9.17) is 0 Å². The van der Waals surface area contributed by atoms with Gasteiger partial charge in [0.2, 0.25) is 11.8 Å². The lowest BCUT2D eigenvalue weighted by atomic mass is 10.2. The van der Waals surface area contributed by atoms with Crippen LogP contribution in [-0.2, 0) is 9.59 Å². The molecule has 0 heterocycles. The molecule has 0 fully saturated rings. The average molecular weight is 309 g/mol. The Labute approximate surface area is 134 Å². The molecule has 0 rings (SSSR count). The van der Waals surface area contributed by atoms with Gasteiger partial charge in [-0.25, -0.2) is 0 Å². The molecule has 0 aliphatic heterocycles. The third-order valence-electron chi connectivity index (χ3n) is 3.46. The molecule has 0 aromatic rings. The molecule has 0 aromatic carbocycles. The third-order valence-corrected chi connectivity index (χ3v) is 3.46. The standard InChI is InChI=1S/C17H31N3O2/c1-5-14(3)16(21)19-12-8-7-10-18-11-9-13-20-17(22)15(4)6-2/h5-6,18H,7-13H2,1-4H3,(H,19,21)(H,20,22). The first kappa shape index (κ1) is 20.4. The van der Waals surface area contributed by atoms with E-state index in [9.17, 15) is 9.59 Å². The molecule has 0 radical (unpaired) electrons. The normalized spacial score (nSPS) is 12.2. The Hall–Kier alpha value is -1.62. The summed E-state index contributed by atoms with van der Waals surface area (Å²) >= 11 is 0. The predicted octanol–water partition coefficient (Wildman–Crippen LogP) is 1.91. The highest BCUT2D eigenvalue weighted by Gasteiger charge is 2.01. The number of hydrogen-bond donors (Lipinski definition) is 3. The van der Waals surface area contributed by atoms with E-state index in [1.807, 2.05) is 39.8 Å². The minimum atomic E-state index is 0.00895. The number of nitrogens with one attached hydrogen (secondary N) is 3. The van der Waals surface area contributed by atoms with Crippen molar-refractivity contribution in [2.45, 2.75) is 47.0 Å². The molecule has 0 saturated carbocycles. The van der Waals surface area contributed by atoms with Gasteiger partial charge in [-0.2, -0.15) is 0 Å². The van der Waals surface area contributed by atoms with Crippen LogP contribution in [0.5, 0.6) is 0 Å². The van der Waals surface area contributed by atoms with Crippen LogP contribution in [0.15, 0.2) is 23.3 Å². The Bertz CT molecular complexity index is 363. The van der Waals surface area contributed by atoms with Crippen molar-refractivity contribution < 1.29 is 9.59 Å². The number of carbonyl (C=O) groups is 2. The smallest absolute Gasteiger partial charge is 0.246 e. The van der Waals surface area contributed by atoms with E-state index in [1.165, 1.54) is 0 Å². The lowest BCUT2D eigenvalue weighted by Gasteiger charge is -2.07. The maximum absolute atomic E-state index is 11.5. The lowest BCUT2D eigenvalue weighted by Crippen LogP contribution is -2.28. The van der Waals surface area contributed by atoms with E-state index in [-0.39, 0.29) is 11.8 Å². The van der Waals surface area contributed by atoms with Crippen molar-refractivity contribution in [3.05, 3.63) is 23.3 Å². The van der Waals surface area contributed by atoms with Crippen LogP contribution in [0, 0.1) is 0 Å². The number of amides is 2. The summed E-state index contributed by atoms with van der Waals surface area (Å²) in [7, 11) is 0. The SMILES string of the molecule is CC=C(C)C(=O)NCCCCNCCCNC(=O)C(C)=CC. The van der Waals surface area contributed by atoms with Gasteiger partial charge in [-0.15, -0.1) is 0 Å². The summed E-state index contributed by atoms with van der Waals surface area (Å²) in [5, 5.41) is 9.09. The summed E-state index contributed by atoms with van der Waals surface area (Å²) in [6.45, 7) is 10.6. The van der Waals surface area contributed by atoms with Crippen molar-refractivity contribution in [1.82, 2.24) is 16.0 Å². The van der Waals surface area contributed by atoms with Gasteiger partial charge >= 0.3 is 0 Å². The van der Waals surface area contributed by atoms with Gasteiger partial charge < -0.3 is 16.0 Å². The molecule has 2 amide bonds. The van der Waals surface area contributed by atoms with Crippen LogP contribution in [0.3, 0.4) is 0 Å². The molecule has 0 aliphatic carbocycles. The van der Waals surface area contributed by atoms with E-state index in [0.29, 0.717) is 13.1 Å². The highest BCUT2D eigenvalue weighted by Crippen LogP contribution is 1.92. The molecule has 0 aromatic heterocycles. The van der Waals surface area contributed by atoms with Crippen molar-refractivity contribution in [3.63, 3.8) is 0 Å². The van der Waals surface area contributed by atoms with Gasteiger partial charge in [0.05, 0.1) is 0 Å². The van der Waals surface area contributed by atoms with Gasteiger partial charge in [-0.05, 0) is 60.0 Å². The van der Waals surface area contributed by atoms with E-state index in [2.05, 4.69) is 16.0 Å². The monoisotopic (exact) mass is 309 g/mol. The number of allylic oxidation sites excluding steroid dienone is 2. The zero-order valence-electron chi connectivity index (χ0n) is 14.4. The van der Waals surface area contributed by atoms with Gasteiger partial charge in [0.1, 0.15) is 0 Å². The first-order valence-electron chi connectivity index (χ1n) is 8.05. The van der Waals surface area contributed by atoms with Crippen LogP contribution in [-0.4, -0.2) is 38.0 Å². The average Bonchev–Trinajstić information content (AvgIpc) is 2.54. The lowest BCUT2D eigenvalue weighted by molar-refractivity contribution is -0.118. The van der Waals surface area contributed by atoms with Crippen LogP contribution in [0.1, 0.15) is 47.0 Å². The molecule has 5 nitrogen and oxygen atoms in total. The van der Waals surface area contributed by atoms with Crippen LogP contribution < -0.4 is 16.0 Å². The van der Waals surface area contributed by atoms with Gasteiger partial charge in [0.25, 0.3) is 0 Å². The van der Waals surface area contributed by atoms with Gasteiger partial charge in [0.15, 0.2) is 0 Å². The molecule has 126 valence electrons. The fraction of sp³-hybridized carbons (Fsp3) is 0.647. The first-order valence-corrected chi connectivity index (χ1v) is 8.05. The minimum Gasteiger partial charge on any atom is -0.352 e. The van der Waals surface area contributed by atoms with Crippen molar-refractivity contribution in [2.24, 2.45) is 0 Å². The highest BCUT2D eigenvalue weighted by molar-refractivity contribution is 5.92. The van der Waals surface area contributed by atoms with Crippen molar-refractivity contribution in [1.29, 1.82) is 0 Å². The number of carbonyl (C=O) groups excluding carboxylic acids is 2. The van der Waals surface area contributed by atoms with Crippen molar-refractivity contribution in [3.8, 4) is 0 Å². The molecule has 5 heteroatoms. The molecule has 0 aliphatic rings. The second kappa shape index (κ2) is 13.1. The Balaban J connectivity index is 3.38. The topological polar surface area (TPSA) is 70.2 Å². The quantitative estimate of drug-likeness (QED) is 0.403. The van der Waals surface area contributed by atoms with E-state index in [1.54, 1.807) is 0 Å². The van der Waals surface area contributed by atoms with Crippen molar-refractivity contribution >= 4 is 11.8 Å². The molecule has 0 saturated heterocycles. The van der Waals surface area contributed by atoms with Crippen molar-refractivity contribution in [2.75, 3.05) is 26.2 Å². The number of unbranched alkanes of at least 4 members (excludes halogenated alkanes) is 1. The third kappa shape index (κ3) is 10.2. The largest absolute Gasteiger partial charge is 0.352 e. The zero-order valence-corrected chi connectivity index (χ0v) is 14.4. The van der Waals surface area contributed by atoms with Gasteiger partial charge in [-0.1, -0.05) is 12.2 Å². The predicted molar refractivity (Wildman–Crippen MR) is 91.6 cm³/mol. The summed E-state index contributed by atoms with van der Waals surface area (Å²) in [5.74, 6) is 0.0253. The summed E-state index contributed by atoms with van der Waals surface area (Å²) in [6, 6.07) is 0. The van der Waals surface area contributed by atoms with Crippen LogP contribution in [0.2, 0.25) is 0 Å². The zero-order chi connectivity index (χ0) is 16.8.